The highest BCUT2D eigenvalue weighted by Gasteiger charge is 2.18. The van der Waals surface area contributed by atoms with Gasteiger partial charge in [0, 0.05) is 53.8 Å². The summed E-state index contributed by atoms with van der Waals surface area (Å²) in [5, 5.41) is 21.1. The number of nitro benzene ring substituents is 2. The van der Waals surface area contributed by atoms with Gasteiger partial charge in [0.1, 0.15) is 0 Å². The van der Waals surface area contributed by atoms with Crippen LogP contribution >= 0.6 is 11.8 Å². The molecule has 0 N–H and O–H groups in total. The Morgan fingerprint density at radius 1 is 0.684 bits per heavy atom. The van der Waals surface area contributed by atoms with Gasteiger partial charge in [0.15, 0.2) is 0 Å². The van der Waals surface area contributed by atoms with Crippen molar-refractivity contribution >= 4 is 38.7 Å². The number of aryl methyl sites for hydroxylation is 1. The Hall–Kier alpha value is -4.22. The molecule has 4 aromatic rings. The third-order valence-electron chi connectivity index (χ3n) is 5.27. The second-order valence-corrected chi connectivity index (χ2v) is 11.4. The van der Waals surface area contributed by atoms with Crippen LogP contribution in [0, 0.1) is 27.2 Å². The fourth-order valence-corrected chi connectivity index (χ4v) is 5.50. The van der Waals surface area contributed by atoms with Crippen molar-refractivity contribution in [2.24, 2.45) is 0 Å². The van der Waals surface area contributed by atoms with E-state index in [0.29, 0.717) is 0 Å². The highest BCUT2D eigenvalue weighted by atomic mass is 32.2. The maximum Gasteiger partial charge on any atom is 0.269 e. The van der Waals surface area contributed by atoms with Crippen LogP contribution in [0.15, 0.2) is 117 Å². The minimum atomic E-state index is -3.63. The third-order valence-corrected chi connectivity index (χ3v) is 8.04. The minimum absolute atomic E-state index is 0.0451. The summed E-state index contributed by atoms with van der Waals surface area (Å²) in [6, 6.07) is 26.1. The Kier molecular flexibility index (Phi) is 9.21. The molecule has 0 atom stereocenters. The molecule has 0 aliphatic carbocycles. The lowest BCUT2D eigenvalue weighted by atomic mass is 10.2. The van der Waals surface area contributed by atoms with Gasteiger partial charge in [0.25, 0.3) is 11.4 Å². The van der Waals surface area contributed by atoms with E-state index in [1.807, 2.05) is 37.2 Å². The molecule has 0 amide bonds. The SMILES string of the molecule is CN(C)c1cccc(Sc2ccc([N+](=O)[O-])cc2)c1.Cc1cccc(S(=O)(=O)c2ccc([N+](=O)[O-])cc2)c1. The molecular formula is C27H25N3O6S2. The Morgan fingerprint density at radius 3 is 1.76 bits per heavy atom. The molecule has 0 saturated heterocycles. The zero-order valence-corrected chi connectivity index (χ0v) is 22.5. The van der Waals surface area contributed by atoms with Crippen molar-refractivity contribution in [3.05, 3.63) is 123 Å². The van der Waals surface area contributed by atoms with E-state index in [-0.39, 0.29) is 26.1 Å². The van der Waals surface area contributed by atoms with Crippen LogP contribution in [0.4, 0.5) is 17.1 Å². The number of anilines is 1. The van der Waals surface area contributed by atoms with E-state index in [2.05, 4.69) is 6.07 Å². The molecule has 0 heterocycles. The third kappa shape index (κ3) is 7.40. The molecule has 0 saturated carbocycles. The van der Waals surface area contributed by atoms with Crippen LogP contribution in [0.3, 0.4) is 0 Å². The van der Waals surface area contributed by atoms with Gasteiger partial charge in [0.2, 0.25) is 9.84 Å². The van der Waals surface area contributed by atoms with E-state index in [1.54, 1.807) is 49.0 Å². The first-order valence-corrected chi connectivity index (χ1v) is 13.5. The smallest absolute Gasteiger partial charge is 0.269 e. The predicted molar refractivity (Wildman–Crippen MR) is 148 cm³/mol. The van der Waals surface area contributed by atoms with Crippen LogP contribution in [0.25, 0.3) is 0 Å². The maximum atomic E-state index is 12.3. The van der Waals surface area contributed by atoms with Gasteiger partial charge in [-0.05, 0) is 67.1 Å². The van der Waals surface area contributed by atoms with E-state index in [0.717, 1.165) is 21.0 Å². The molecule has 196 valence electrons. The van der Waals surface area contributed by atoms with Crippen molar-refractivity contribution in [2.75, 3.05) is 19.0 Å². The molecule has 9 nitrogen and oxygen atoms in total. The van der Waals surface area contributed by atoms with Crippen LogP contribution in [0.2, 0.25) is 0 Å². The predicted octanol–water partition coefficient (Wildman–Crippen LogP) is 6.55. The van der Waals surface area contributed by atoms with E-state index < -0.39 is 14.8 Å². The monoisotopic (exact) mass is 551 g/mol. The Balaban J connectivity index is 0.000000211. The van der Waals surface area contributed by atoms with Gasteiger partial charge in [-0.1, -0.05) is 30.0 Å². The summed E-state index contributed by atoms with van der Waals surface area (Å²) < 4.78 is 24.6. The number of hydrogen-bond donors (Lipinski definition) is 0. The quantitative estimate of drug-likeness (QED) is 0.187. The summed E-state index contributed by atoms with van der Waals surface area (Å²) in [6.45, 7) is 1.80. The minimum Gasteiger partial charge on any atom is -0.378 e. The summed E-state index contributed by atoms with van der Waals surface area (Å²) in [4.78, 5) is 24.5. The Bertz CT molecular complexity index is 1540. The lowest BCUT2D eigenvalue weighted by Gasteiger charge is -2.13. The fourth-order valence-electron chi connectivity index (χ4n) is 3.26. The molecule has 4 aromatic carbocycles. The van der Waals surface area contributed by atoms with Crippen molar-refractivity contribution in [3.8, 4) is 0 Å². The average Bonchev–Trinajstić information content (AvgIpc) is 2.89. The first-order valence-electron chi connectivity index (χ1n) is 11.2. The van der Waals surface area contributed by atoms with Crippen LogP contribution in [0.1, 0.15) is 5.56 Å². The zero-order valence-electron chi connectivity index (χ0n) is 20.8. The van der Waals surface area contributed by atoms with Crippen molar-refractivity contribution in [1.29, 1.82) is 0 Å². The van der Waals surface area contributed by atoms with Crippen molar-refractivity contribution < 1.29 is 18.3 Å². The zero-order chi connectivity index (χ0) is 27.9. The molecule has 0 aliphatic heterocycles. The molecular weight excluding hydrogens is 526 g/mol. The number of nitro groups is 2. The molecule has 38 heavy (non-hydrogen) atoms. The first kappa shape index (κ1) is 28.4. The molecule has 0 radical (unpaired) electrons. The van der Waals surface area contributed by atoms with E-state index in [1.165, 1.54) is 42.5 Å². The molecule has 4 rings (SSSR count). The molecule has 0 aromatic heterocycles. The van der Waals surface area contributed by atoms with Gasteiger partial charge in [0.05, 0.1) is 19.6 Å². The number of rotatable bonds is 7. The molecule has 11 heteroatoms. The normalized spacial score (nSPS) is 10.7. The molecule has 0 bridgehead atoms. The average molecular weight is 552 g/mol. The molecule has 0 aliphatic rings. The largest absolute Gasteiger partial charge is 0.378 e. The van der Waals surface area contributed by atoms with Crippen LogP contribution in [-0.4, -0.2) is 32.4 Å². The summed E-state index contributed by atoms with van der Waals surface area (Å²) in [5.74, 6) is 0. The van der Waals surface area contributed by atoms with Gasteiger partial charge >= 0.3 is 0 Å². The number of sulfone groups is 1. The van der Waals surface area contributed by atoms with E-state index in [4.69, 9.17) is 0 Å². The van der Waals surface area contributed by atoms with E-state index >= 15 is 0 Å². The van der Waals surface area contributed by atoms with E-state index in [9.17, 15) is 28.6 Å². The number of benzene rings is 4. The summed E-state index contributed by atoms with van der Waals surface area (Å²) in [6.07, 6.45) is 0. The van der Waals surface area contributed by atoms with Crippen LogP contribution in [0.5, 0.6) is 0 Å². The van der Waals surface area contributed by atoms with Gasteiger partial charge in [-0.25, -0.2) is 8.42 Å². The first-order chi connectivity index (χ1) is 18.0. The van der Waals surface area contributed by atoms with Gasteiger partial charge in [-0.2, -0.15) is 0 Å². The fraction of sp³-hybridized carbons (Fsp3) is 0.111. The summed E-state index contributed by atoms with van der Waals surface area (Å²) in [7, 11) is 0.365. The van der Waals surface area contributed by atoms with Gasteiger partial charge in [-0.15, -0.1) is 0 Å². The Morgan fingerprint density at radius 2 is 1.24 bits per heavy atom. The maximum absolute atomic E-state index is 12.3. The van der Waals surface area contributed by atoms with Gasteiger partial charge < -0.3 is 4.90 Å². The molecule has 0 unspecified atom stereocenters. The van der Waals surface area contributed by atoms with Crippen molar-refractivity contribution in [1.82, 2.24) is 0 Å². The summed E-state index contributed by atoms with van der Waals surface area (Å²) in [5.41, 5.74) is 1.95. The van der Waals surface area contributed by atoms with Crippen LogP contribution in [-0.2, 0) is 9.84 Å². The topological polar surface area (TPSA) is 124 Å². The Labute approximate surface area is 225 Å². The number of nitrogens with zero attached hydrogens (tertiary/aromatic N) is 3. The lowest BCUT2D eigenvalue weighted by Crippen LogP contribution is -2.08. The highest BCUT2D eigenvalue weighted by molar-refractivity contribution is 7.99. The number of non-ortho nitro benzene ring substituents is 2. The van der Waals surface area contributed by atoms with Gasteiger partial charge in [-0.3, -0.25) is 20.2 Å². The second kappa shape index (κ2) is 12.3. The second-order valence-electron chi connectivity index (χ2n) is 8.32. The molecule has 0 fully saturated rings. The van der Waals surface area contributed by atoms with Crippen LogP contribution < -0.4 is 4.90 Å². The lowest BCUT2D eigenvalue weighted by molar-refractivity contribution is -0.385. The summed E-state index contributed by atoms with van der Waals surface area (Å²) >= 11 is 1.59. The number of hydrogen-bond acceptors (Lipinski definition) is 8. The highest BCUT2D eigenvalue weighted by Crippen LogP contribution is 2.31. The standard InChI is InChI=1S/C14H14N2O2S.C13H11NO4S/c1-15(2)12-4-3-5-14(10-12)19-13-8-6-11(7-9-13)16(17)18;1-10-3-2-4-13(9-10)19(17,18)12-7-5-11(6-8-12)14(15)16/h3-10H,1-2H3;2-9H,1H3. The molecule has 0 spiro atoms. The van der Waals surface area contributed by atoms with Crippen molar-refractivity contribution in [2.45, 2.75) is 26.5 Å². The van der Waals surface area contributed by atoms with Crippen molar-refractivity contribution in [3.63, 3.8) is 0 Å².